The molecule has 0 saturated carbocycles. The lowest BCUT2D eigenvalue weighted by Gasteiger charge is -2.34. The molecule has 2 atom stereocenters. The number of amides is 1. The molecule has 0 radical (unpaired) electrons. The second-order valence-corrected chi connectivity index (χ2v) is 8.23. The molecule has 1 aliphatic rings. The summed E-state index contributed by atoms with van der Waals surface area (Å²) in [5.74, 6) is 0. The minimum absolute atomic E-state index is 0.134. The Morgan fingerprint density at radius 2 is 1.90 bits per heavy atom. The highest BCUT2D eigenvalue weighted by atomic mass is 19.4. The Labute approximate surface area is 167 Å². The second kappa shape index (κ2) is 7.35. The number of rotatable bonds is 2. The molecule has 1 unspecified atom stereocenters. The van der Waals surface area contributed by atoms with Crippen molar-refractivity contribution in [1.29, 1.82) is 0 Å². The molecule has 0 aliphatic carbocycles. The molecule has 1 aromatic heterocycles. The number of hydrogen-bond acceptors (Lipinski definition) is 4. The smallest absolute Gasteiger partial charge is 0.416 e. The Hall–Kier alpha value is -2.58. The van der Waals surface area contributed by atoms with Crippen LogP contribution >= 0.6 is 0 Å². The number of ether oxygens (including phenoxy) is 1. The number of hydrogen-bond donors (Lipinski definition) is 0. The number of benzene rings is 1. The fraction of sp³-hybridized carbons (Fsp3) is 0.550. The second-order valence-electron chi connectivity index (χ2n) is 8.23. The van der Waals surface area contributed by atoms with Crippen LogP contribution in [0.15, 0.2) is 24.3 Å². The SMILES string of the molecule is CC(c1ccccc1C(F)(F)F)n1nnc2c1CCN(C(=O)OC(C)(C)C)[C@@H]2C. The first-order valence-corrected chi connectivity index (χ1v) is 9.50. The van der Waals surface area contributed by atoms with Crippen molar-refractivity contribution in [2.45, 2.75) is 64.9 Å². The van der Waals surface area contributed by atoms with Gasteiger partial charge in [-0.25, -0.2) is 9.48 Å². The van der Waals surface area contributed by atoms with Crippen LogP contribution in [0.2, 0.25) is 0 Å². The zero-order valence-corrected chi connectivity index (χ0v) is 17.1. The van der Waals surface area contributed by atoms with Crippen molar-refractivity contribution in [1.82, 2.24) is 19.9 Å². The van der Waals surface area contributed by atoms with Gasteiger partial charge in [0.25, 0.3) is 0 Å². The molecule has 0 bridgehead atoms. The third-order valence-corrected chi connectivity index (χ3v) is 4.98. The fourth-order valence-corrected chi connectivity index (χ4v) is 3.59. The topological polar surface area (TPSA) is 60.2 Å². The van der Waals surface area contributed by atoms with E-state index in [4.69, 9.17) is 4.74 Å². The summed E-state index contributed by atoms with van der Waals surface area (Å²) in [5, 5.41) is 8.32. The van der Waals surface area contributed by atoms with Gasteiger partial charge >= 0.3 is 12.3 Å². The van der Waals surface area contributed by atoms with Crippen molar-refractivity contribution >= 4 is 6.09 Å². The van der Waals surface area contributed by atoms with Gasteiger partial charge in [0.05, 0.1) is 23.3 Å². The van der Waals surface area contributed by atoms with E-state index in [-0.39, 0.29) is 11.6 Å². The van der Waals surface area contributed by atoms with E-state index in [1.807, 2.05) is 6.92 Å². The minimum Gasteiger partial charge on any atom is -0.444 e. The van der Waals surface area contributed by atoms with E-state index in [0.29, 0.717) is 18.7 Å². The molecule has 158 valence electrons. The van der Waals surface area contributed by atoms with Crippen molar-refractivity contribution in [3.63, 3.8) is 0 Å². The summed E-state index contributed by atoms with van der Waals surface area (Å²) in [6.07, 6.45) is -4.46. The van der Waals surface area contributed by atoms with Crippen LogP contribution in [-0.2, 0) is 17.3 Å². The van der Waals surface area contributed by atoms with Gasteiger partial charge in [-0.15, -0.1) is 5.10 Å². The van der Waals surface area contributed by atoms with Crippen LogP contribution in [0, 0.1) is 0 Å². The van der Waals surface area contributed by atoms with Crippen LogP contribution in [0.3, 0.4) is 0 Å². The van der Waals surface area contributed by atoms with Crippen molar-refractivity contribution in [2.75, 3.05) is 6.54 Å². The van der Waals surface area contributed by atoms with E-state index >= 15 is 0 Å². The Balaban J connectivity index is 1.91. The van der Waals surface area contributed by atoms with E-state index in [9.17, 15) is 18.0 Å². The lowest BCUT2D eigenvalue weighted by atomic mass is 9.99. The summed E-state index contributed by atoms with van der Waals surface area (Å²) in [4.78, 5) is 14.0. The van der Waals surface area contributed by atoms with Crippen molar-refractivity contribution in [2.24, 2.45) is 0 Å². The Morgan fingerprint density at radius 1 is 1.24 bits per heavy atom. The van der Waals surface area contributed by atoms with Crippen LogP contribution in [0.1, 0.15) is 69.2 Å². The van der Waals surface area contributed by atoms with E-state index in [1.165, 1.54) is 16.8 Å². The molecule has 0 saturated heterocycles. The first-order valence-electron chi connectivity index (χ1n) is 9.50. The molecule has 29 heavy (non-hydrogen) atoms. The lowest BCUT2D eigenvalue weighted by Crippen LogP contribution is -2.42. The number of nitrogens with zero attached hydrogens (tertiary/aromatic N) is 4. The normalized spacial score (nSPS) is 18.3. The zero-order chi connectivity index (χ0) is 21.6. The maximum absolute atomic E-state index is 13.4. The predicted octanol–water partition coefficient (Wildman–Crippen LogP) is 4.76. The molecule has 6 nitrogen and oxygen atoms in total. The average Bonchev–Trinajstić information content (AvgIpc) is 3.04. The van der Waals surface area contributed by atoms with Crippen LogP contribution in [-0.4, -0.2) is 38.1 Å². The first kappa shape index (κ1) is 21.1. The first-order chi connectivity index (χ1) is 13.4. The van der Waals surface area contributed by atoms with E-state index < -0.39 is 29.5 Å². The van der Waals surface area contributed by atoms with E-state index in [1.54, 1.807) is 38.7 Å². The van der Waals surface area contributed by atoms with Crippen LogP contribution in [0.4, 0.5) is 18.0 Å². The van der Waals surface area contributed by atoms with Crippen molar-refractivity contribution < 1.29 is 22.7 Å². The molecule has 0 fully saturated rings. The molecule has 1 aliphatic heterocycles. The average molecular weight is 410 g/mol. The van der Waals surface area contributed by atoms with Gasteiger partial charge in [-0.05, 0) is 46.2 Å². The predicted molar refractivity (Wildman–Crippen MR) is 100 cm³/mol. The number of fused-ring (bicyclic) bond motifs is 1. The molecular formula is C20H25F3N4O2. The summed E-state index contributed by atoms with van der Waals surface area (Å²) in [6, 6.07) is 4.45. The Morgan fingerprint density at radius 3 is 2.52 bits per heavy atom. The fourth-order valence-electron chi connectivity index (χ4n) is 3.59. The van der Waals surface area contributed by atoms with Crippen LogP contribution in [0.5, 0.6) is 0 Å². The van der Waals surface area contributed by atoms with Crippen LogP contribution < -0.4 is 0 Å². The Bertz CT molecular complexity index is 902. The lowest BCUT2D eigenvalue weighted by molar-refractivity contribution is -0.138. The summed E-state index contributed by atoms with van der Waals surface area (Å²) >= 11 is 0. The van der Waals surface area contributed by atoms with Gasteiger partial charge in [-0.2, -0.15) is 13.2 Å². The number of halogens is 3. The largest absolute Gasteiger partial charge is 0.444 e. The number of carbonyl (C=O) groups excluding carboxylic acids is 1. The zero-order valence-electron chi connectivity index (χ0n) is 17.1. The van der Waals surface area contributed by atoms with Crippen molar-refractivity contribution in [3.05, 3.63) is 46.8 Å². The van der Waals surface area contributed by atoms with Gasteiger partial charge < -0.3 is 4.74 Å². The quantitative estimate of drug-likeness (QED) is 0.716. The number of aromatic nitrogens is 3. The van der Waals surface area contributed by atoms with E-state index in [2.05, 4.69) is 10.3 Å². The van der Waals surface area contributed by atoms with Gasteiger partial charge in [0.15, 0.2) is 0 Å². The molecular weight excluding hydrogens is 385 g/mol. The minimum atomic E-state index is -4.45. The van der Waals surface area contributed by atoms with Gasteiger partial charge in [-0.3, -0.25) is 4.90 Å². The third-order valence-electron chi connectivity index (χ3n) is 4.98. The monoisotopic (exact) mass is 410 g/mol. The number of carbonyl (C=O) groups is 1. The third kappa shape index (κ3) is 4.23. The maximum atomic E-state index is 13.4. The van der Waals surface area contributed by atoms with Gasteiger partial charge in [0, 0.05) is 13.0 Å². The van der Waals surface area contributed by atoms with E-state index in [0.717, 1.165) is 11.8 Å². The molecule has 2 aromatic rings. The maximum Gasteiger partial charge on any atom is 0.416 e. The Kier molecular flexibility index (Phi) is 5.36. The summed E-state index contributed by atoms with van der Waals surface area (Å²) < 4.78 is 47.2. The summed E-state index contributed by atoms with van der Waals surface area (Å²) in [7, 11) is 0. The summed E-state index contributed by atoms with van der Waals surface area (Å²) in [5.41, 5.74) is 0.149. The van der Waals surface area contributed by atoms with Crippen molar-refractivity contribution in [3.8, 4) is 0 Å². The molecule has 3 rings (SSSR count). The van der Waals surface area contributed by atoms with Crippen LogP contribution in [0.25, 0.3) is 0 Å². The summed E-state index contributed by atoms with van der Waals surface area (Å²) in [6.45, 7) is 9.24. The highest BCUT2D eigenvalue weighted by Gasteiger charge is 2.38. The van der Waals surface area contributed by atoms with Gasteiger partial charge in [0.1, 0.15) is 11.3 Å². The highest BCUT2D eigenvalue weighted by Crippen LogP contribution is 2.37. The molecule has 2 heterocycles. The standard InChI is InChI=1S/C20H25F3N4O2/c1-12(14-8-6-7-9-15(14)20(21,22)23)27-16-10-11-26(13(2)17(16)24-25-27)18(28)29-19(3,4)5/h6-9,12-13H,10-11H2,1-5H3/t12?,13-/m1/s1. The molecule has 1 aromatic carbocycles. The molecule has 0 spiro atoms. The molecule has 9 heteroatoms. The number of alkyl halides is 3. The molecule has 0 N–H and O–H groups in total. The van der Waals surface area contributed by atoms with Gasteiger partial charge in [-0.1, -0.05) is 23.4 Å². The highest BCUT2D eigenvalue weighted by molar-refractivity contribution is 5.69. The van der Waals surface area contributed by atoms with Gasteiger partial charge in [0.2, 0.25) is 0 Å². The molecule has 1 amide bonds.